The lowest BCUT2D eigenvalue weighted by atomic mass is 9.89. The van der Waals surface area contributed by atoms with Gasteiger partial charge < -0.3 is 13.9 Å². The minimum absolute atomic E-state index is 0.131. The average molecular weight is 612 g/mol. The van der Waals surface area contributed by atoms with Crippen LogP contribution < -0.4 is 0 Å². The zero-order chi connectivity index (χ0) is 32.4. The molecule has 1 fully saturated rings. The molecular formula is C36H41N3O6. The molecule has 236 valence electrons. The summed E-state index contributed by atoms with van der Waals surface area (Å²) in [6.45, 7) is 11.1. The van der Waals surface area contributed by atoms with Crippen molar-refractivity contribution >= 4 is 29.1 Å². The summed E-state index contributed by atoms with van der Waals surface area (Å²) in [5.41, 5.74) is 1.97. The van der Waals surface area contributed by atoms with E-state index in [-0.39, 0.29) is 6.42 Å². The number of benzene rings is 2. The monoisotopic (exact) mass is 611 g/mol. The SMILES string of the molecule is CC(C)(C)OC(=O)N1CCCC(N(C(=O)Cc2cc(-c3ccccn3)cc3ccoc23)C(=O)OC(C)(C)C)C1c1ccccc1. The third kappa shape index (κ3) is 7.53. The maximum Gasteiger partial charge on any atom is 0.417 e. The van der Waals surface area contributed by atoms with E-state index in [1.807, 2.05) is 87.5 Å². The number of amides is 3. The fourth-order valence-corrected chi connectivity index (χ4v) is 5.77. The normalized spacial score (nSPS) is 17.2. The van der Waals surface area contributed by atoms with Gasteiger partial charge in [-0.3, -0.25) is 14.7 Å². The lowest BCUT2D eigenvalue weighted by Crippen LogP contribution is -2.57. The number of carbonyl (C=O) groups excluding carboxylic acids is 3. The molecule has 2 aromatic heterocycles. The van der Waals surface area contributed by atoms with E-state index in [0.29, 0.717) is 30.5 Å². The number of furan rings is 1. The minimum Gasteiger partial charge on any atom is -0.464 e. The zero-order valence-corrected chi connectivity index (χ0v) is 26.8. The summed E-state index contributed by atoms with van der Waals surface area (Å²) in [4.78, 5) is 49.4. The van der Waals surface area contributed by atoms with Crippen molar-refractivity contribution < 1.29 is 28.3 Å². The van der Waals surface area contributed by atoms with Gasteiger partial charge in [0, 0.05) is 29.3 Å². The molecule has 0 radical (unpaired) electrons. The minimum atomic E-state index is -0.857. The highest BCUT2D eigenvalue weighted by Gasteiger charge is 2.45. The fraction of sp³-hybridized carbons (Fsp3) is 0.389. The lowest BCUT2D eigenvalue weighted by molar-refractivity contribution is -0.134. The van der Waals surface area contributed by atoms with E-state index in [9.17, 15) is 14.4 Å². The predicted molar refractivity (Wildman–Crippen MR) is 171 cm³/mol. The van der Waals surface area contributed by atoms with E-state index in [1.165, 1.54) is 4.90 Å². The summed E-state index contributed by atoms with van der Waals surface area (Å²) in [5.74, 6) is -0.461. The Morgan fingerprint density at radius 3 is 2.31 bits per heavy atom. The molecule has 2 atom stereocenters. The Morgan fingerprint density at radius 1 is 0.933 bits per heavy atom. The van der Waals surface area contributed by atoms with Crippen molar-refractivity contribution in [3.05, 3.63) is 90.3 Å². The Kier molecular flexibility index (Phi) is 9.00. The van der Waals surface area contributed by atoms with Crippen LogP contribution >= 0.6 is 0 Å². The standard InChI is InChI=1S/C36H41N3O6/c1-35(2,3)44-33(41)38-19-12-16-29(31(38)24-13-8-7-9-14-24)39(34(42)45-36(4,5)6)30(40)23-27-22-26(28-15-10-11-18-37-28)21-25-17-20-43-32(25)27/h7-11,13-15,17-18,20-22,29,31H,12,16,19,23H2,1-6H3. The van der Waals surface area contributed by atoms with E-state index in [2.05, 4.69) is 4.98 Å². The van der Waals surface area contributed by atoms with Crippen molar-refractivity contribution in [3.8, 4) is 11.3 Å². The molecule has 45 heavy (non-hydrogen) atoms. The van der Waals surface area contributed by atoms with Crippen molar-refractivity contribution in [1.29, 1.82) is 0 Å². The van der Waals surface area contributed by atoms with Crippen LogP contribution in [0.2, 0.25) is 0 Å². The van der Waals surface area contributed by atoms with E-state index in [4.69, 9.17) is 13.9 Å². The maximum absolute atomic E-state index is 14.5. The first-order valence-electron chi connectivity index (χ1n) is 15.3. The Bertz CT molecular complexity index is 1650. The van der Waals surface area contributed by atoms with Gasteiger partial charge in [0.15, 0.2) is 0 Å². The van der Waals surface area contributed by atoms with Crippen molar-refractivity contribution in [1.82, 2.24) is 14.8 Å². The number of hydrogen-bond donors (Lipinski definition) is 0. The van der Waals surface area contributed by atoms with Crippen LogP contribution in [0.15, 0.2) is 83.6 Å². The number of piperidine rings is 1. The van der Waals surface area contributed by atoms with E-state index >= 15 is 0 Å². The molecule has 5 rings (SSSR count). The van der Waals surface area contributed by atoms with Crippen molar-refractivity contribution in [3.63, 3.8) is 0 Å². The molecule has 0 bridgehead atoms. The average Bonchev–Trinajstić information content (AvgIpc) is 3.45. The van der Waals surface area contributed by atoms with E-state index < -0.39 is 41.4 Å². The molecule has 4 aromatic rings. The van der Waals surface area contributed by atoms with Gasteiger partial charge in [-0.1, -0.05) is 36.4 Å². The molecule has 3 amide bonds. The molecule has 9 nitrogen and oxygen atoms in total. The second kappa shape index (κ2) is 12.8. The van der Waals surface area contributed by atoms with Crippen molar-refractivity contribution in [2.24, 2.45) is 0 Å². The quantitative estimate of drug-likeness (QED) is 0.226. The molecule has 1 aliphatic rings. The topological polar surface area (TPSA) is 102 Å². The van der Waals surface area contributed by atoms with Gasteiger partial charge in [-0.05, 0) is 90.3 Å². The molecule has 1 aliphatic heterocycles. The number of fused-ring (bicyclic) bond motifs is 1. The third-order valence-electron chi connectivity index (χ3n) is 7.49. The smallest absolute Gasteiger partial charge is 0.417 e. The highest BCUT2D eigenvalue weighted by molar-refractivity contribution is 5.96. The van der Waals surface area contributed by atoms with Gasteiger partial charge in [0.1, 0.15) is 16.8 Å². The largest absolute Gasteiger partial charge is 0.464 e. The van der Waals surface area contributed by atoms with Gasteiger partial charge in [0.25, 0.3) is 0 Å². The first-order valence-corrected chi connectivity index (χ1v) is 15.3. The van der Waals surface area contributed by atoms with E-state index in [0.717, 1.165) is 22.2 Å². The molecule has 0 saturated carbocycles. The van der Waals surface area contributed by atoms with Gasteiger partial charge in [-0.25, -0.2) is 14.5 Å². The van der Waals surface area contributed by atoms with Gasteiger partial charge in [-0.15, -0.1) is 0 Å². The van der Waals surface area contributed by atoms with Gasteiger partial charge in [0.2, 0.25) is 5.91 Å². The number of carbonyl (C=O) groups is 3. The Balaban J connectivity index is 1.57. The van der Waals surface area contributed by atoms with Crippen LogP contribution in [0.3, 0.4) is 0 Å². The van der Waals surface area contributed by atoms with Crippen molar-refractivity contribution in [2.75, 3.05) is 6.54 Å². The number of hydrogen-bond acceptors (Lipinski definition) is 7. The van der Waals surface area contributed by atoms with Crippen LogP contribution in [0.4, 0.5) is 9.59 Å². The van der Waals surface area contributed by atoms with Crippen LogP contribution in [0.1, 0.15) is 71.6 Å². The molecule has 2 unspecified atom stereocenters. The van der Waals surface area contributed by atoms with Gasteiger partial charge in [-0.2, -0.15) is 0 Å². The summed E-state index contributed by atoms with van der Waals surface area (Å²) >= 11 is 0. The summed E-state index contributed by atoms with van der Waals surface area (Å²) in [5, 5.41) is 0.820. The number of imide groups is 1. The molecule has 0 N–H and O–H groups in total. The van der Waals surface area contributed by atoms with E-state index in [1.54, 1.807) is 38.1 Å². The molecule has 0 aliphatic carbocycles. The predicted octanol–water partition coefficient (Wildman–Crippen LogP) is 7.94. The zero-order valence-electron chi connectivity index (χ0n) is 26.8. The maximum atomic E-state index is 14.5. The molecule has 2 aromatic carbocycles. The lowest BCUT2D eigenvalue weighted by Gasteiger charge is -2.45. The van der Waals surface area contributed by atoms with Gasteiger partial charge in [0.05, 0.1) is 30.5 Å². The second-order valence-electron chi connectivity index (χ2n) is 13.3. The molecule has 3 heterocycles. The highest BCUT2D eigenvalue weighted by atomic mass is 16.6. The van der Waals surface area contributed by atoms with Crippen LogP contribution in [-0.2, 0) is 20.7 Å². The van der Waals surface area contributed by atoms with Crippen LogP contribution in [0, 0.1) is 0 Å². The van der Waals surface area contributed by atoms with Gasteiger partial charge >= 0.3 is 12.2 Å². The number of ether oxygens (including phenoxy) is 2. The van der Waals surface area contributed by atoms with Crippen LogP contribution in [-0.4, -0.2) is 56.7 Å². The van der Waals surface area contributed by atoms with Crippen LogP contribution in [0.5, 0.6) is 0 Å². The molecule has 0 spiro atoms. The summed E-state index contributed by atoms with van der Waals surface area (Å²) < 4.78 is 17.4. The second-order valence-corrected chi connectivity index (χ2v) is 13.3. The highest BCUT2D eigenvalue weighted by Crippen LogP contribution is 2.37. The number of aromatic nitrogens is 1. The summed E-state index contributed by atoms with van der Waals surface area (Å²) in [6.07, 6.45) is 2.95. The Labute approximate surface area is 264 Å². The van der Waals surface area contributed by atoms with Crippen molar-refractivity contribution in [2.45, 2.75) is 84.1 Å². The molecule has 1 saturated heterocycles. The number of likely N-dealkylation sites (tertiary alicyclic amines) is 1. The fourth-order valence-electron chi connectivity index (χ4n) is 5.77. The molecular weight excluding hydrogens is 570 g/mol. The first kappa shape index (κ1) is 31.8. The summed E-state index contributed by atoms with van der Waals surface area (Å²) in [6, 6.07) is 19.4. The number of nitrogens with zero attached hydrogens (tertiary/aromatic N) is 3. The first-order chi connectivity index (χ1) is 21.3. The number of pyridine rings is 1. The Hall–Kier alpha value is -4.66. The molecule has 9 heteroatoms. The third-order valence-corrected chi connectivity index (χ3v) is 7.49. The Morgan fingerprint density at radius 2 is 1.64 bits per heavy atom. The van der Waals surface area contributed by atoms with Crippen LogP contribution in [0.25, 0.3) is 22.2 Å². The number of rotatable bonds is 5. The summed E-state index contributed by atoms with van der Waals surface area (Å²) in [7, 11) is 0.